The number of rotatable bonds is 5. The molecule has 6 heteroatoms. The van der Waals surface area contributed by atoms with Gasteiger partial charge in [-0.2, -0.15) is 0 Å². The third-order valence-corrected chi connectivity index (χ3v) is 2.29. The molecule has 1 unspecified atom stereocenters. The summed E-state index contributed by atoms with van der Waals surface area (Å²) in [7, 11) is 0. The van der Waals surface area contributed by atoms with Crippen LogP contribution in [0.25, 0.3) is 0 Å². The predicted octanol–water partition coefficient (Wildman–Crippen LogP) is 1.17. The molecule has 88 valence electrons. The number of carbonyl (C=O) groups excluding carboxylic acids is 1. The number of nitrogens with two attached hydrogens (primary N) is 1. The molecule has 0 aliphatic carbocycles. The van der Waals surface area contributed by atoms with Crippen molar-refractivity contribution >= 4 is 23.1 Å². The fraction of sp³-hybridized carbons (Fsp3) is 0.500. The molecule has 1 amide bonds. The van der Waals surface area contributed by atoms with E-state index in [1.165, 1.54) is 0 Å². The highest BCUT2D eigenvalue weighted by Gasteiger charge is 2.16. The van der Waals surface area contributed by atoms with Gasteiger partial charge in [0.05, 0.1) is 10.7 Å². The Kier molecular flexibility index (Phi) is 4.42. The van der Waals surface area contributed by atoms with Crippen molar-refractivity contribution in [1.82, 2.24) is 10.5 Å². The van der Waals surface area contributed by atoms with Crippen LogP contribution >= 0.6 is 12.2 Å². The lowest BCUT2D eigenvalue weighted by Gasteiger charge is -2.14. The highest BCUT2D eigenvalue weighted by molar-refractivity contribution is 7.80. The summed E-state index contributed by atoms with van der Waals surface area (Å²) in [6.07, 6.45) is 1.25. The van der Waals surface area contributed by atoms with Gasteiger partial charge in [0.1, 0.15) is 0 Å². The van der Waals surface area contributed by atoms with Crippen molar-refractivity contribution in [2.75, 3.05) is 0 Å². The highest BCUT2D eigenvalue weighted by atomic mass is 32.1. The molecular weight excluding hydrogens is 226 g/mol. The Morgan fingerprint density at radius 3 is 2.88 bits per heavy atom. The molecule has 1 atom stereocenters. The standard InChI is InChI=1S/C10H15N3O2S/c1-3-7(5-9(11)16)12-10(14)8-4-6(2)13-15-8/h4,7H,3,5H2,1-2H3,(H2,11,16)(H,12,14). The molecule has 1 aromatic heterocycles. The summed E-state index contributed by atoms with van der Waals surface area (Å²) in [5.41, 5.74) is 6.11. The summed E-state index contributed by atoms with van der Waals surface area (Å²) >= 11 is 4.80. The van der Waals surface area contributed by atoms with Crippen molar-refractivity contribution in [2.24, 2.45) is 5.73 Å². The number of thiocarbonyl (C=S) groups is 1. The molecule has 1 rings (SSSR count). The van der Waals surface area contributed by atoms with Gasteiger partial charge in [-0.15, -0.1) is 0 Å². The summed E-state index contributed by atoms with van der Waals surface area (Å²) in [5.74, 6) is -0.0809. The average Bonchev–Trinajstić information content (AvgIpc) is 2.63. The number of amides is 1. The first-order chi connectivity index (χ1) is 7.52. The van der Waals surface area contributed by atoms with Gasteiger partial charge in [-0.05, 0) is 13.3 Å². The molecule has 0 radical (unpaired) electrons. The van der Waals surface area contributed by atoms with E-state index >= 15 is 0 Å². The van der Waals surface area contributed by atoms with Crippen LogP contribution in [0, 0.1) is 6.92 Å². The number of nitrogens with zero attached hydrogens (tertiary/aromatic N) is 1. The normalized spacial score (nSPS) is 12.1. The summed E-state index contributed by atoms with van der Waals surface area (Å²) in [6, 6.07) is 1.53. The third kappa shape index (κ3) is 3.62. The van der Waals surface area contributed by atoms with E-state index < -0.39 is 0 Å². The van der Waals surface area contributed by atoms with E-state index in [0.29, 0.717) is 17.1 Å². The smallest absolute Gasteiger partial charge is 0.290 e. The molecule has 0 aliphatic heterocycles. The van der Waals surface area contributed by atoms with Crippen molar-refractivity contribution < 1.29 is 9.32 Å². The van der Waals surface area contributed by atoms with Crippen LogP contribution in [0.4, 0.5) is 0 Å². The van der Waals surface area contributed by atoms with Gasteiger partial charge in [-0.1, -0.05) is 24.3 Å². The van der Waals surface area contributed by atoms with Crippen LogP contribution in [0.15, 0.2) is 10.6 Å². The number of hydrogen-bond acceptors (Lipinski definition) is 4. The Morgan fingerprint density at radius 2 is 2.44 bits per heavy atom. The zero-order valence-corrected chi connectivity index (χ0v) is 10.1. The van der Waals surface area contributed by atoms with Crippen molar-refractivity contribution in [1.29, 1.82) is 0 Å². The topological polar surface area (TPSA) is 81.1 Å². The van der Waals surface area contributed by atoms with Crippen LogP contribution in [-0.4, -0.2) is 22.1 Å². The maximum absolute atomic E-state index is 11.7. The van der Waals surface area contributed by atoms with E-state index in [-0.39, 0.29) is 17.7 Å². The van der Waals surface area contributed by atoms with Gasteiger partial charge in [0.15, 0.2) is 0 Å². The van der Waals surface area contributed by atoms with Crippen LogP contribution in [0.2, 0.25) is 0 Å². The van der Waals surface area contributed by atoms with Gasteiger partial charge in [0.25, 0.3) is 5.91 Å². The van der Waals surface area contributed by atoms with Gasteiger partial charge < -0.3 is 15.6 Å². The van der Waals surface area contributed by atoms with E-state index in [1.54, 1.807) is 13.0 Å². The fourth-order valence-electron chi connectivity index (χ4n) is 1.27. The average molecular weight is 241 g/mol. The molecule has 0 fully saturated rings. The number of aromatic nitrogens is 1. The lowest BCUT2D eigenvalue weighted by Crippen LogP contribution is -2.36. The monoisotopic (exact) mass is 241 g/mol. The Balaban J connectivity index is 2.58. The molecular formula is C10H15N3O2S. The summed E-state index contributed by atoms with van der Waals surface area (Å²) < 4.78 is 4.85. The third-order valence-electron chi connectivity index (χ3n) is 2.13. The van der Waals surface area contributed by atoms with Gasteiger partial charge in [0.2, 0.25) is 5.76 Å². The summed E-state index contributed by atoms with van der Waals surface area (Å²) in [5, 5.41) is 6.43. The van der Waals surface area contributed by atoms with Crippen molar-refractivity contribution in [3.05, 3.63) is 17.5 Å². The van der Waals surface area contributed by atoms with E-state index in [2.05, 4.69) is 10.5 Å². The van der Waals surface area contributed by atoms with Crippen molar-refractivity contribution in [3.8, 4) is 0 Å². The van der Waals surface area contributed by atoms with Gasteiger partial charge in [-0.25, -0.2) is 0 Å². The quantitative estimate of drug-likeness (QED) is 0.756. The van der Waals surface area contributed by atoms with Crippen molar-refractivity contribution in [3.63, 3.8) is 0 Å². The Labute approximate surface area is 99.4 Å². The molecule has 0 spiro atoms. The van der Waals surface area contributed by atoms with Crippen LogP contribution in [0.5, 0.6) is 0 Å². The molecule has 0 bridgehead atoms. The zero-order valence-electron chi connectivity index (χ0n) is 9.32. The van der Waals surface area contributed by atoms with Crippen LogP contribution < -0.4 is 11.1 Å². The van der Waals surface area contributed by atoms with E-state index in [0.717, 1.165) is 6.42 Å². The lowest BCUT2D eigenvalue weighted by atomic mass is 10.1. The second-order valence-corrected chi connectivity index (χ2v) is 4.11. The molecule has 16 heavy (non-hydrogen) atoms. The van der Waals surface area contributed by atoms with Gasteiger partial charge in [-0.3, -0.25) is 4.79 Å². The predicted molar refractivity (Wildman–Crippen MR) is 64.2 cm³/mol. The molecule has 0 saturated carbocycles. The van der Waals surface area contributed by atoms with E-state index in [4.69, 9.17) is 22.5 Å². The molecule has 3 N–H and O–H groups in total. The summed E-state index contributed by atoms with van der Waals surface area (Å²) in [6.45, 7) is 3.71. The highest BCUT2D eigenvalue weighted by Crippen LogP contribution is 2.04. The first-order valence-corrected chi connectivity index (χ1v) is 5.46. The maximum atomic E-state index is 11.7. The molecule has 0 aliphatic rings. The molecule has 0 aromatic carbocycles. The number of aryl methyl sites for hydroxylation is 1. The summed E-state index contributed by atoms with van der Waals surface area (Å²) in [4.78, 5) is 12.1. The van der Waals surface area contributed by atoms with E-state index in [9.17, 15) is 4.79 Å². The second kappa shape index (κ2) is 5.60. The van der Waals surface area contributed by atoms with Crippen molar-refractivity contribution in [2.45, 2.75) is 32.7 Å². The van der Waals surface area contributed by atoms with Gasteiger partial charge >= 0.3 is 0 Å². The minimum absolute atomic E-state index is 0.0598. The Morgan fingerprint density at radius 1 is 1.75 bits per heavy atom. The lowest BCUT2D eigenvalue weighted by molar-refractivity contribution is 0.0900. The Hall–Kier alpha value is -1.43. The van der Waals surface area contributed by atoms with Crippen LogP contribution in [-0.2, 0) is 0 Å². The van der Waals surface area contributed by atoms with E-state index in [1.807, 2.05) is 6.92 Å². The molecule has 5 nitrogen and oxygen atoms in total. The Bertz CT molecular complexity index is 389. The molecule has 0 saturated heterocycles. The fourth-order valence-corrected chi connectivity index (χ4v) is 1.47. The largest absolute Gasteiger partial charge is 0.393 e. The zero-order chi connectivity index (χ0) is 12.1. The van der Waals surface area contributed by atoms with Crippen LogP contribution in [0.1, 0.15) is 36.0 Å². The van der Waals surface area contributed by atoms with Crippen LogP contribution in [0.3, 0.4) is 0 Å². The number of hydrogen-bond donors (Lipinski definition) is 2. The maximum Gasteiger partial charge on any atom is 0.290 e. The van der Waals surface area contributed by atoms with Gasteiger partial charge in [0, 0.05) is 18.5 Å². The molecule has 1 aromatic rings. The minimum Gasteiger partial charge on any atom is -0.393 e. The number of nitrogens with one attached hydrogen (secondary N) is 1. The second-order valence-electron chi connectivity index (χ2n) is 3.58. The first-order valence-electron chi connectivity index (χ1n) is 5.05. The minimum atomic E-state index is -0.288. The number of carbonyl (C=O) groups is 1. The first kappa shape index (κ1) is 12.6. The SMILES string of the molecule is CCC(CC(N)=S)NC(=O)c1cc(C)no1. The molecule has 1 heterocycles.